The van der Waals surface area contributed by atoms with E-state index >= 15 is 0 Å². The van der Waals surface area contributed by atoms with Crippen molar-refractivity contribution in [3.05, 3.63) is 28.3 Å². The lowest BCUT2D eigenvalue weighted by molar-refractivity contribution is -0.120. The maximum absolute atomic E-state index is 12.2. The van der Waals surface area contributed by atoms with Crippen molar-refractivity contribution in [1.29, 1.82) is 0 Å². The molecule has 0 bridgehead atoms. The van der Waals surface area contributed by atoms with Crippen molar-refractivity contribution in [3.8, 4) is 0 Å². The van der Waals surface area contributed by atoms with E-state index in [1.54, 1.807) is 0 Å². The Morgan fingerprint density at radius 2 is 1.89 bits per heavy atom. The monoisotopic (exact) mass is 263 g/mol. The quantitative estimate of drug-likeness (QED) is 0.860. The molecule has 0 radical (unpaired) electrons. The van der Waals surface area contributed by atoms with Gasteiger partial charge in [0.15, 0.2) is 0 Å². The molecule has 2 unspecified atom stereocenters. The molecule has 0 heterocycles. The van der Waals surface area contributed by atoms with E-state index in [9.17, 15) is 4.79 Å². The SMILES string of the molecule is Cc1cc(C)c(NC(=O)C2CC3CC3C2)c(Cl)c1. The number of nitrogens with one attached hydrogen (secondary N) is 1. The summed E-state index contributed by atoms with van der Waals surface area (Å²) in [6.45, 7) is 4.00. The second-order valence-electron chi connectivity index (χ2n) is 5.85. The number of amides is 1. The van der Waals surface area contributed by atoms with Crippen molar-refractivity contribution in [1.82, 2.24) is 0 Å². The van der Waals surface area contributed by atoms with Gasteiger partial charge >= 0.3 is 0 Å². The normalized spacial score (nSPS) is 28.9. The van der Waals surface area contributed by atoms with Crippen LogP contribution in [0.4, 0.5) is 5.69 Å². The average molecular weight is 264 g/mol. The van der Waals surface area contributed by atoms with E-state index in [0.29, 0.717) is 5.02 Å². The van der Waals surface area contributed by atoms with Gasteiger partial charge in [0, 0.05) is 5.92 Å². The minimum Gasteiger partial charge on any atom is -0.324 e. The first-order chi connectivity index (χ1) is 8.54. The van der Waals surface area contributed by atoms with E-state index < -0.39 is 0 Å². The van der Waals surface area contributed by atoms with Crippen LogP contribution in [0.5, 0.6) is 0 Å². The van der Waals surface area contributed by atoms with Crippen LogP contribution >= 0.6 is 11.6 Å². The van der Waals surface area contributed by atoms with E-state index in [-0.39, 0.29) is 11.8 Å². The van der Waals surface area contributed by atoms with E-state index in [1.807, 2.05) is 26.0 Å². The zero-order valence-electron chi connectivity index (χ0n) is 10.8. The van der Waals surface area contributed by atoms with Crippen LogP contribution in [-0.4, -0.2) is 5.91 Å². The van der Waals surface area contributed by atoms with Gasteiger partial charge in [0.05, 0.1) is 10.7 Å². The van der Waals surface area contributed by atoms with Crippen molar-refractivity contribution < 1.29 is 4.79 Å². The second-order valence-corrected chi connectivity index (χ2v) is 6.26. The van der Waals surface area contributed by atoms with Gasteiger partial charge in [-0.25, -0.2) is 0 Å². The Morgan fingerprint density at radius 3 is 2.50 bits per heavy atom. The van der Waals surface area contributed by atoms with Crippen LogP contribution in [0.15, 0.2) is 12.1 Å². The molecule has 1 N–H and O–H groups in total. The fourth-order valence-corrected chi connectivity index (χ4v) is 3.60. The van der Waals surface area contributed by atoms with Gasteiger partial charge < -0.3 is 5.32 Å². The van der Waals surface area contributed by atoms with Crippen molar-refractivity contribution in [3.63, 3.8) is 0 Å². The van der Waals surface area contributed by atoms with E-state index in [0.717, 1.165) is 41.5 Å². The number of hydrogen-bond acceptors (Lipinski definition) is 1. The fourth-order valence-electron chi connectivity index (χ4n) is 3.23. The summed E-state index contributed by atoms with van der Waals surface area (Å²) in [4.78, 5) is 12.2. The maximum atomic E-state index is 12.2. The van der Waals surface area contributed by atoms with Crippen LogP contribution in [0.1, 0.15) is 30.4 Å². The predicted octanol–water partition coefficient (Wildman–Crippen LogP) is 3.94. The molecule has 18 heavy (non-hydrogen) atoms. The molecule has 1 aromatic carbocycles. The van der Waals surface area contributed by atoms with Crippen LogP contribution in [0, 0.1) is 31.6 Å². The maximum Gasteiger partial charge on any atom is 0.227 e. The standard InChI is InChI=1S/C15H18ClNO/c1-8-3-9(2)14(13(16)4-8)17-15(18)12-6-10-5-11(10)7-12/h3-4,10-12H,5-7H2,1-2H3,(H,17,18). The number of anilines is 1. The summed E-state index contributed by atoms with van der Waals surface area (Å²) in [5.74, 6) is 2.01. The third-order valence-corrected chi connectivity index (χ3v) is 4.59. The highest BCUT2D eigenvalue weighted by molar-refractivity contribution is 6.34. The molecule has 3 heteroatoms. The van der Waals surface area contributed by atoms with Gasteiger partial charge in [0.2, 0.25) is 5.91 Å². The molecule has 0 saturated heterocycles. The summed E-state index contributed by atoms with van der Waals surface area (Å²) in [5.41, 5.74) is 2.95. The van der Waals surface area contributed by atoms with Crippen molar-refractivity contribution in [2.24, 2.45) is 17.8 Å². The minimum absolute atomic E-state index is 0.149. The third kappa shape index (κ3) is 2.14. The van der Waals surface area contributed by atoms with Gasteiger partial charge in [-0.1, -0.05) is 17.7 Å². The summed E-state index contributed by atoms with van der Waals surface area (Å²) in [7, 11) is 0. The van der Waals surface area contributed by atoms with Crippen LogP contribution in [0.2, 0.25) is 5.02 Å². The lowest BCUT2D eigenvalue weighted by Gasteiger charge is -2.15. The second kappa shape index (κ2) is 4.27. The number of hydrogen-bond donors (Lipinski definition) is 1. The molecule has 1 aromatic rings. The Hall–Kier alpha value is -1.02. The summed E-state index contributed by atoms with van der Waals surface area (Å²) in [5, 5.41) is 3.66. The van der Waals surface area contributed by atoms with Gasteiger partial charge in [-0.2, -0.15) is 0 Å². The molecule has 0 aromatic heterocycles. The number of aryl methyl sites for hydroxylation is 2. The van der Waals surface area contributed by atoms with E-state index in [1.165, 1.54) is 6.42 Å². The lowest BCUT2D eigenvalue weighted by atomic mass is 10.0. The molecule has 2 fully saturated rings. The number of benzene rings is 1. The molecule has 0 aliphatic heterocycles. The molecule has 2 atom stereocenters. The van der Waals surface area contributed by atoms with Crippen LogP contribution in [0.3, 0.4) is 0 Å². The number of carbonyl (C=O) groups excluding carboxylic acids is 1. The summed E-state index contributed by atoms with van der Waals surface area (Å²) in [6.07, 6.45) is 3.48. The van der Waals surface area contributed by atoms with Crippen LogP contribution < -0.4 is 5.32 Å². The van der Waals surface area contributed by atoms with Crippen LogP contribution in [-0.2, 0) is 4.79 Å². The van der Waals surface area contributed by atoms with Gasteiger partial charge in [0.25, 0.3) is 0 Å². The predicted molar refractivity (Wildman–Crippen MR) is 73.9 cm³/mol. The summed E-state index contributed by atoms with van der Waals surface area (Å²) < 4.78 is 0. The number of rotatable bonds is 2. The van der Waals surface area contributed by atoms with Gasteiger partial charge in [0.1, 0.15) is 0 Å². The average Bonchev–Trinajstić information content (AvgIpc) is 2.90. The van der Waals surface area contributed by atoms with Crippen molar-refractivity contribution in [2.45, 2.75) is 33.1 Å². The largest absolute Gasteiger partial charge is 0.324 e. The Kier molecular flexibility index (Phi) is 2.86. The molecular weight excluding hydrogens is 246 g/mol. The summed E-state index contributed by atoms with van der Waals surface area (Å²) >= 11 is 6.21. The highest BCUT2D eigenvalue weighted by Crippen LogP contribution is 2.54. The fraction of sp³-hybridized carbons (Fsp3) is 0.533. The Morgan fingerprint density at radius 1 is 1.22 bits per heavy atom. The third-order valence-electron chi connectivity index (χ3n) is 4.29. The number of carbonyl (C=O) groups is 1. The molecule has 2 saturated carbocycles. The molecule has 2 nitrogen and oxygen atoms in total. The van der Waals surface area contributed by atoms with Crippen molar-refractivity contribution in [2.75, 3.05) is 5.32 Å². The zero-order valence-corrected chi connectivity index (χ0v) is 11.6. The van der Waals surface area contributed by atoms with Crippen LogP contribution in [0.25, 0.3) is 0 Å². The first-order valence-corrected chi connectivity index (χ1v) is 7.00. The van der Waals surface area contributed by atoms with Gasteiger partial charge in [-0.3, -0.25) is 4.79 Å². The molecular formula is C15H18ClNO. The molecule has 0 spiro atoms. The summed E-state index contributed by atoms with van der Waals surface area (Å²) in [6, 6.07) is 3.95. The zero-order chi connectivity index (χ0) is 12.9. The first-order valence-electron chi connectivity index (χ1n) is 6.62. The minimum atomic E-state index is 0.149. The molecule has 96 valence electrons. The molecule has 1 amide bonds. The van der Waals surface area contributed by atoms with Gasteiger partial charge in [-0.15, -0.1) is 0 Å². The topological polar surface area (TPSA) is 29.1 Å². The Labute approximate surface area is 113 Å². The van der Waals surface area contributed by atoms with E-state index in [4.69, 9.17) is 11.6 Å². The smallest absolute Gasteiger partial charge is 0.227 e. The Bertz CT molecular complexity index is 478. The highest BCUT2D eigenvalue weighted by atomic mass is 35.5. The molecule has 2 aliphatic carbocycles. The highest BCUT2D eigenvalue weighted by Gasteiger charge is 2.48. The van der Waals surface area contributed by atoms with Crippen molar-refractivity contribution >= 4 is 23.2 Å². The van der Waals surface area contributed by atoms with Gasteiger partial charge in [-0.05, 0) is 62.1 Å². The number of halogens is 1. The first kappa shape index (κ1) is 12.0. The molecule has 3 rings (SSSR count). The Balaban J connectivity index is 1.74. The lowest BCUT2D eigenvalue weighted by Crippen LogP contribution is -2.22. The van der Waals surface area contributed by atoms with E-state index in [2.05, 4.69) is 5.32 Å². The number of fused-ring (bicyclic) bond motifs is 1. The molecule has 2 aliphatic rings.